The zero-order chi connectivity index (χ0) is 30.8. The first-order valence-electron chi connectivity index (χ1n) is 14.7. The van der Waals surface area contributed by atoms with E-state index in [1.165, 1.54) is 24.1 Å². The van der Waals surface area contributed by atoms with Crippen LogP contribution in [0.15, 0.2) is 83.8 Å². The number of ether oxygens (including phenoxy) is 2. The minimum absolute atomic E-state index is 0.0578. The molecule has 0 unspecified atom stereocenters. The standard InChI is InChI=1S/C33H41N3O6S/c1-4-31(33(38)34-26-11-7-5-8-12-26)35(23-25-15-19-28(41-2)20-16-25)32(37)24-36(27-17-21-29(42-3)22-18-27)43(39,40)30-13-9-6-10-14-30/h6,9-10,13-22,26,31H,4-5,7-8,11-12,23-24H2,1-3H3,(H,34,38)/t31-/m1/s1. The Morgan fingerprint density at radius 2 is 1.44 bits per heavy atom. The number of nitrogens with zero attached hydrogens (tertiary/aromatic N) is 2. The molecule has 0 radical (unpaired) electrons. The smallest absolute Gasteiger partial charge is 0.264 e. The van der Waals surface area contributed by atoms with Gasteiger partial charge in [-0.3, -0.25) is 13.9 Å². The Hall–Kier alpha value is -4.05. The Kier molecular flexibility index (Phi) is 11.1. The number of hydrogen-bond donors (Lipinski definition) is 1. The highest BCUT2D eigenvalue weighted by molar-refractivity contribution is 7.92. The monoisotopic (exact) mass is 607 g/mol. The van der Waals surface area contributed by atoms with Gasteiger partial charge in [0.2, 0.25) is 11.8 Å². The molecular weight excluding hydrogens is 566 g/mol. The third-order valence-electron chi connectivity index (χ3n) is 7.82. The predicted octanol–water partition coefficient (Wildman–Crippen LogP) is 5.16. The van der Waals surface area contributed by atoms with Gasteiger partial charge in [-0.1, -0.05) is 56.5 Å². The number of methoxy groups -OCH3 is 2. The van der Waals surface area contributed by atoms with Crippen LogP contribution in [0.25, 0.3) is 0 Å². The van der Waals surface area contributed by atoms with Gasteiger partial charge in [-0.2, -0.15) is 0 Å². The summed E-state index contributed by atoms with van der Waals surface area (Å²) >= 11 is 0. The summed E-state index contributed by atoms with van der Waals surface area (Å²) in [6.07, 6.45) is 5.47. The number of sulfonamides is 1. The maximum atomic E-state index is 14.2. The Bertz CT molecular complexity index is 1440. The molecule has 0 saturated heterocycles. The molecule has 10 heteroatoms. The minimum atomic E-state index is -4.13. The largest absolute Gasteiger partial charge is 0.497 e. The number of hydrogen-bond acceptors (Lipinski definition) is 6. The summed E-state index contributed by atoms with van der Waals surface area (Å²) in [5, 5.41) is 3.16. The fourth-order valence-corrected chi connectivity index (χ4v) is 6.82. The van der Waals surface area contributed by atoms with Crippen molar-refractivity contribution in [2.75, 3.05) is 25.1 Å². The second-order valence-electron chi connectivity index (χ2n) is 10.7. The van der Waals surface area contributed by atoms with Crippen LogP contribution in [0, 0.1) is 0 Å². The Labute approximate surface area is 254 Å². The van der Waals surface area contributed by atoms with Crippen LogP contribution in [0.2, 0.25) is 0 Å². The van der Waals surface area contributed by atoms with E-state index in [-0.39, 0.29) is 23.4 Å². The molecule has 0 aliphatic heterocycles. The van der Waals surface area contributed by atoms with Crippen LogP contribution in [0.4, 0.5) is 5.69 Å². The normalized spacial score (nSPS) is 14.4. The minimum Gasteiger partial charge on any atom is -0.497 e. The van der Waals surface area contributed by atoms with E-state index in [1.807, 2.05) is 19.1 Å². The molecule has 4 rings (SSSR count). The lowest BCUT2D eigenvalue weighted by Crippen LogP contribution is -2.54. The molecule has 0 heterocycles. The highest BCUT2D eigenvalue weighted by Gasteiger charge is 2.34. The number of nitrogens with one attached hydrogen (secondary N) is 1. The molecule has 1 fully saturated rings. The number of carbonyl (C=O) groups is 2. The number of benzene rings is 3. The van der Waals surface area contributed by atoms with Crippen LogP contribution >= 0.6 is 0 Å². The number of rotatable bonds is 13. The van der Waals surface area contributed by atoms with Crippen molar-refractivity contribution in [2.24, 2.45) is 0 Å². The van der Waals surface area contributed by atoms with Crippen molar-refractivity contribution < 1.29 is 27.5 Å². The van der Waals surface area contributed by atoms with Gasteiger partial charge in [0.25, 0.3) is 10.0 Å². The quantitative estimate of drug-likeness (QED) is 0.288. The van der Waals surface area contributed by atoms with E-state index >= 15 is 0 Å². The van der Waals surface area contributed by atoms with Gasteiger partial charge in [0.05, 0.1) is 24.8 Å². The number of anilines is 1. The molecule has 1 atom stereocenters. The summed E-state index contributed by atoms with van der Waals surface area (Å²) < 4.78 is 39.5. The summed E-state index contributed by atoms with van der Waals surface area (Å²) in [5.74, 6) is 0.511. The second-order valence-corrected chi connectivity index (χ2v) is 12.5. The molecule has 1 N–H and O–H groups in total. The van der Waals surface area contributed by atoms with Gasteiger partial charge in [-0.25, -0.2) is 8.42 Å². The van der Waals surface area contributed by atoms with Crippen molar-refractivity contribution in [2.45, 2.75) is 69.0 Å². The lowest BCUT2D eigenvalue weighted by atomic mass is 9.95. The maximum absolute atomic E-state index is 14.2. The first-order chi connectivity index (χ1) is 20.8. The van der Waals surface area contributed by atoms with Gasteiger partial charge in [0.1, 0.15) is 24.1 Å². The summed E-state index contributed by atoms with van der Waals surface area (Å²) in [7, 11) is -1.03. The van der Waals surface area contributed by atoms with E-state index in [2.05, 4.69) is 5.32 Å². The third kappa shape index (κ3) is 8.07. The predicted molar refractivity (Wildman–Crippen MR) is 167 cm³/mol. The summed E-state index contributed by atoms with van der Waals surface area (Å²) in [6.45, 7) is 1.50. The SMILES string of the molecule is CC[C@H](C(=O)NC1CCCCC1)N(Cc1ccc(OC)cc1)C(=O)CN(c1ccc(OC)cc1)S(=O)(=O)c1ccccc1. The van der Waals surface area contributed by atoms with Crippen molar-refractivity contribution in [1.82, 2.24) is 10.2 Å². The zero-order valence-corrected chi connectivity index (χ0v) is 25.9. The molecule has 1 aliphatic carbocycles. The molecule has 9 nitrogen and oxygen atoms in total. The molecule has 1 saturated carbocycles. The van der Waals surface area contributed by atoms with E-state index in [0.717, 1.165) is 42.0 Å². The first kappa shape index (κ1) is 31.9. The molecule has 0 spiro atoms. The van der Waals surface area contributed by atoms with Crippen molar-refractivity contribution in [3.63, 3.8) is 0 Å². The van der Waals surface area contributed by atoms with Crippen molar-refractivity contribution in [3.8, 4) is 11.5 Å². The van der Waals surface area contributed by atoms with Crippen LogP contribution in [0.5, 0.6) is 11.5 Å². The average molecular weight is 608 g/mol. The Morgan fingerprint density at radius 3 is 2.00 bits per heavy atom. The average Bonchev–Trinajstić information content (AvgIpc) is 3.04. The molecule has 0 bridgehead atoms. The molecule has 2 amide bonds. The van der Waals surface area contributed by atoms with E-state index in [0.29, 0.717) is 23.6 Å². The first-order valence-corrected chi connectivity index (χ1v) is 16.2. The highest BCUT2D eigenvalue weighted by atomic mass is 32.2. The molecule has 1 aliphatic rings. The summed E-state index contributed by atoms with van der Waals surface area (Å²) in [4.78, 5) is 29.5. The molecule has 3 aromatic carbocycles. The van der Waals surface area contributed by atoms with Gasteiger partial charge < -0.3 is 19.7 Å². The van der Waals surface area contributed by atoms with Gasteiger partial charge in [-0.05, 0) is 73.4 Å². The number of carbonyl (C=O) groups excluding carboxylic acids is 2. The third-order valence-corrected chi connectivity index (χ3v) is 9.61. The Balaban J connectivity index is 1.69. The zero-order valence-electron chi connectivity index (χ0n) is 25.1. The van der Waals surface area contributed by atoms with E-state index in [4.69, 9.17) is 9.47 Å². The van der Waals surface area contributed by atoms with Crippen LogP contribution < -0.4 is 19.1 Å². The lowest BCUT2D eigenvalue weighted by molar-refractivity contribution is -0.140. The van der Waals surface area contributed by atoms with Gasteiger partial charge in [0, 0.05) is 12.6 Å². The van der Waals surface area contributed by atoms with Crippen LogP contribution in [0.1, 0.15) is 51.0 Å². The van der Waals surface area contributed by atoms with E-state index in [1.54, 1.807) is 61.7 Å². The van der Waals surface area contributed by atoms with E-state index in [9.17, 15) is 18.0 Å². The molecule has 43 heavy (non-hydrogen) atoms. The van der Waals surface area contributed by atoms with Crippen molar-refractivity contribution >= 4 is 27.5 Å². The fraction of sp³-hybridized carbons (Fsp3) is 0.394. The van der Waals surface area contributed by atoms with Crippen LogP contribution in [-0.4, -0.2) is 58.0 Å². The number of amides is 2. The van der Waals surface area contributed by atoms with Crippen molar-refractivity contribution in [1.29, 1.82) is 0 Å². The highest BCUT2D eigenvalue weighted by Crippen LogP contribution is 2.27. The van der Waals surface area contributed by atoms with Gasteiger partial charge >= 0.3 is 0 Å². The summed E-state index contributed by atoms with van der Waals surface area (Å²) in [5.41, 5.74) is 1.10. The molecular formula is C33H41N3O6S. The second kappa shape index (κ2) is 14.9. The maximum Gasteiger partial charge on any atom is 0.264 e. The van der Waals surface area contributed by atoms with Crippen LogP contribution in [0.3, 0.4) is 0 Å². The van der Waals surface area contributed by atoms with Crippen molar-refractivity contribution in [3.05, 3.63) is 84.4 Å². The summed E-state index contributed by atoms with van der Waals surface area (Å²) in [6, 6.07) is 21.1. The molecule has 0 aromatic heterocycles. The Morgan fingerprint density at radius 1 is 0.860 bits per heavy atom. The van der Waals surface area contributed by atoms with Gasteiger partial charge in [-0.15, -0.1) is 0 Å². The lowest BCUT2D eigenvalue weighted by Gasteiger charge is -2.34. The van der Waals surface area contributed by atoms with Gasteiger partial charge in [0.15, 0.2) is 0 Å². The molecule has 3 aromatic rings. The van der Waals surface area contributed by atoms with Crippen LogP contribution in [-0.2, 0) is 26.2 Å². The molecule has 230 valence electrons. The fourth-order valence-electron chi connectivity index (χ4n) is 5.39. The topological polar surface area (TPSA) is 105 Å². The van der Waals surface area contributed by atoms with E-state index < -0.39 is 28.5 Å².